The molecule has 1 amide bonds. The van der Waals surface area contributed by atoms with Crippen molar-refractivity contribution in [3.8, 4) is 0 Å². The van der Waals surface area contributed by atoms with Crippen molar-refractivity contribution >= 4 is 16.3 Å². The quantitative estimate of drug-likeness (QED) is 0.324. The first-order valence-electron chi connectivity index (χ1n) is 8.26. The van der Waals surface area contributed by atoms with E-state index in [2.05, 4.69) is 16.4 Å². The average Bonchev–Trinajstić information content (AvgIpc) is 2.42. The van der Waals surface area contributed by atoms with E-state index in [9.17, 15) is 13.2 Å². The molecule has 0 heterocycles. The zero-order chi connectivity index (χ0) is 16.8. The van der Waals surface area contributed by atoms with Crippen LogP contribution in [-0.4, -0.2) is 31.5 Å². The Morgan fingerprint density at radius 3 is 2.00 bits per heavy atom. The minimum absolute atomic E-state index is 0. The monoisotopic (exact) mass is 354 g/mol. The molecule has 0 aliphatic rings. The number of unbranched alkanes of at least 4 members (excludes halogenated alkanes) is 8. The minimum atomic E-state index is -4.44. The highest BCUT2D eigenvalue weighted by Crippen LogP contribution is 2.10. The molecule has 5 N–H and O–H groups in total. The maximum atomic E-state index is 11.6. The Kier molecular flexibility index (Phi) is 15.9. The molecule has 8 heteroatoms. The first-order chi connectivity index (χ1) is 10.3. The maximum absolute atomic E-state index is 11.6. The molecule has 0 spiro atoms. The van der Waals surface area contributed by atoms with Gasteiger partial charge in [-0.25, -0.2) is 4.18 Å². The first-order valence-corrected chi connectivity index (χ1v) is 9.63. The van der Waals surface area contributed by atoms with Gasteiger partial charge in [-0.1, -0.05) is 58.3 Å². The van der Waals surface area contributed by atoms with E-state index < -0.39 is 16.4 Å². The molecule has 0 radical (unpaired) electrons. The summed E-state index contributed by atoms with van der Waals surface area (Å²) >= 11 is 0. The van der Waals surface area contributed by atoms with Gasteiger partial charge in [0.05, 0.1) is 12.6 Å². The maximum Gasteiger partial charge on any atom is 0.397 e. The number of hydrogen-bond acceptors (Lipinski definition) is 5. The summed E-state index contributed by atoms with van der Waals surface area (Å²) in [5.74, 6) is -0.116. The van der Waals surface area contributed by atoms with Gasteiger partial charge in [-0.15, -0.1) is 0 Å². The molecule has 0 fully saturated rings. The van der Waals surface area contributed by atoms with Crippen LogP contribution in [0.4, 0.5) is 0 Å². The summed E-state index contributed by atoms with van der Waals surface area (Å²) in [4.78, 5) is 11.6. The fraction of sp³-hybridized carbons (Fsp3) is 0.933. The van der Waals surface area contributed by atoms with Gasteiger partial charge in [0.15, 0.2) is 0 Å². The van der Waals surface area contributed by atoms with E-state index in [-0.39, 0.29) is 18.7 Å². The lowest BCUT2D eigenvalue weighted by Gasteiger charge is -2.12. The van der Waals surface area contributed by atoms with Crippen molar-refractivity contribution in [1.82, 2.24) is 11.5 Å². The standard InChI is InChI=1S/C15H31NO5S.H3N/c1-3-4-5-6-7-8-9-10-11-12-15(17)16-14(2)13-21-22(18,19)20;/h14H,3-13H2,1-2H3,(H,16,17)(H,18,19,20);1H3. The Morgan fingerprint density at radius 2 is 1.52 bits per heavy atom. The van der Waals surface area contributed by atoms with E-state index in [0.29, 0.717) is 6.42 Å². The Morgan fingerprint density at radius 1 is 1.04 bits per heavy atom. The zero-order valence-electron chi connectivity index (χ0n) is 14.6. The van der Waals surface area contributed by atoms with E-state index in [1.165, 1.54) is 38.5 Å². The van der Waals surface area contributed by atoms with Crippen LogP contribution in [0.1, 0.15) is 78.1 Å². The van der Waals surface area contributed by atoms with Crippen LogP contribution >= 0.6 is 0 Å². The third-order valence-corrected chi connectivity index (χ3v) is 3.82. The fourth-order valence-corrected chi connectivity index (χ4v) is 2.55. The topological polar surface area (TPSA) is 128 Å². The van der Waals surface area contributed by atoms with Crippen molar-refractivity contribution in [2.45, 2.75) is 84.1 Å². The summed E-state index contributed by atoms with van der Waals surface area (Å²) in [6.07, 6.45) is 11.2. The predicted molar refractivity (Wildman–Crippen MR) is 92.0 cm³/mol. The van der Waals surface area contributed by atoms with Crippen molar-refractivity contribution in [3.63, 3.8) is 0 Å². The van der Waals surface area contributed by atoms with Crippen LogP contribution < -0.4 is 11.5 Å². The number of amides is 1. The molecular weight excluding hydrogens is 320 g/mol. The molecule has 7 nitrogen and oxygen atoms in total. The lowest BCUT2D eigenvalue weighted by atomic mass is 10.1. The zero-order valence-corrected chi connectivity index (χ0v) is 15.4. The number of hydrogen-bond donors (Lipinski definition) is 3. The van der Waals surface area contributed by atoms with Gasteiger partial charge in [-0.2, -0.15) is 8.42 Å². The second kappa shape index (κ2) is 14.9. The molecule has 0 aromatic rings. The SMILES string of the molecule is CCCCCCCCCCCC(=O)NC(C)COS(=O)(=O)O.N. The lowest BCUT2D eigenvalue weighted by Crippen LogP contribution is -2.36. The first kappa shape index (κ1) is 24.6. The molecule has 1 unspecified atom stereocenters. The number of rotatable bonds is 14. The molecule has 1 atom stereocenters. The smallest absolute Gasteiger partial charge is 0.351 e. The van der Waals surface area contributed by atoms with Crippen molar-refractivity contribution < 1.29 is 21.9 Å². The highest BCUT2D eigenvalue weighted by molar-refractivity contribution is 7.80. The van der Waals surface area contributed by atoms with Gasteiger partial charge in [0.25, 0.3) is 0 Å². The number of nitrogens with one attached hydrogen (secondary N) is 1. The fourth-order valence-electron chi connectivity index (χ4n) is 2.17. The molecule has 0 aromatic carbocycles. The molecule has 0 bridgehead atoms. The molecule has 140 valence electrons. The molecule has 0 saturated heterocycles. The molecule has 23 heavy (non-hydrogen) atoms. The van der Waals surface area contributed by atoms with E-state index in [4.69, 9.17) is 4.55 Å². The Bertz CT molecular complexity index is 387. The second-order valence-corrected chi connectivity index (χ2v) is 6.85. The minimum Gasteiger partial charge on any atom is -0.351 e. The Hall–Kier alpha value is -0.700. The number of carbonyl (C=O) groups excluding carboxylic acids is 1. The Labute approximate surface area is 141 Å². The number of carbonyl (C=O) groups is 1. The van der Waals surface area contributed by atoms with Crippen molar-refractivity contribution in [3.05, 3.63) is 0 Å². The van der Waals surface area contributed by atoms with Crippen LogP contribution in [0.25, 0.3) is 0 Å². The van der Waals surface area contributed by atoms with Crippen molar-refractivity contribution in [1.29, 1.82) is 0 Å². The van der Waals surface area contributed by atoms with Gasteiger partial charge in [0.1, 0.15) is 0 Å². The third-order valence-electron chi connectivity index (χ3n) is 3.38. The predicted octanol–water partition coefficient (Wildman–Crippen LogP) is 3.39. The van der Waals surface area contributed by atoms with Crippen LogP contribution in [0.15, 0.2) is 0 Å². The summed E-state index contributed by atoms with van der Waals surface area (Å²) in [6, 6.07) is -0.451. The summed E-state index contributed by atoms with van der Waals surface area (Å²) in [7, 11) is -4.44. The van der Waals surface area contributed by atoms with Gasteiger partial charge in [-0.05, 0) is 13.3 Å². The van der Waals surface area contributed by atoms with Crippen LogP contribution in [0.2, 0.25) is 0 Å². The summed E-state index contributed by atoms with van der Waals surface area (Å²) in [5, 5.41) is 2.64. The van der Waals surface area contributed by atoms with Gasteiger partial charge in [0, 0.05) is 6.42 Å². The normalized spacial score (nSPS) is 12.5. The van der Waals surface area contributed by atoms with E-state index >= 15 is 0 Å². The van der Waals surface area contributed by atoms with Gasteiger partial charge in [0.2, 0.25) is 5.91 Å². The van der Waals surface area contributed by atoms with Gasteiger partial charge in [-0.3, -0.25) is 9.35 Å². The molecule has 0 aromatic heterocycles. The van der Waals surface area contributed by atoms with E-state index in [1.807, 2.05) is 0 Å². The highest BCUT2D eigenvalue weighted by Gasteiger charge is 2.11. The van der Waals surface area contributed by atoms with Crippen molar-refractivity contribution in [2.75, 3.05) is 6.61 Å². The average molecular weight is 355 g/mol. The highest BCUT2D eigenvalue weighted by atomic mass is 32.3. The van der Waals surface area contributed by atoms with E-state index in [1.54, 1.807) is 6.92 Å². The second-order valence-electron chi connectivity index (χ2n) is 5.76. The molecule has 0 aliphatic heterocycles. The molecule has 0 rings (SSSR count). The van der Waals surface area contributed by atoms with Crippen molar-refractivity contribution in [2.24, 2.45) is 0 Å². The van der Waals surface area contributed by atoms with Crippen LogP contribution in [0.5, 0.6) is 0 Å². The summed E-state index contributed by atoms with van der Waals surface area (Å²) < 4.78 is 33.4. The molecular formula is C15H34N2O5S. The molecule has 0 saturated carbocycles. The van der Waals surface area contributed by atoms with Crippen LogP contribution in [-0.2, 0) is 19.4 Å². The summed E-state index contributed by atoms with van der Waals surface area (Å²) in [6.45, 7) is 3.57. The Balaban J connectivity index is 0. The molecule has 0 aliphatic carbocycles. The largest absolute Gasteiger partial charge is 0.397 e. The van der Waals surface area contributed by atoms with Crippen LogP contribution in [0, 0.1) is 0 Å². The van der Waals surface area contributed by atoms with Gasteiger partial charge >= 0.3 is 10.4 Å². The lowest BCUT2D eigenvalue weighted by molar-refractivity contribution is -0.122. The summed E-state index contributed by atoms with van der Waals surface area (Å²) in [5.41, 5.74) is 0. The van der Waals surface area contributed by atoms with Crippen LogP contribution in [0.3, 0.4) is 0 Å². The van der Waals surface area contributed by atoms with E-state index in [0.717, 1.165) is 19.3 Å². The third kappa shape index (κ3) is 19.3. The van der Waals surface area contributed by atoms with Gasteiger partial charge < -0.3 is 11.5 Å².